The van der Waals surface area contributed by atoms with E-state index in [2.05, 4.69) is 33.6 Å². The number of likely N-dealkylation sites (tertiary alicyclic amines) is 1. The Kier molecular flexibility index (Phi) is 7.98. The van der Waals surface area contributed by atoms with Gasteiger partial charge in [-0.1, -0.05) is 6.07 Å². The van der Waals surface area contributed by atoms with Gasteiger partial charge in [-0.05, 0) is 77.1 Å². The molecule has 2 saturated heterocycles. The maximum Gasteiger partial charge on any atom is 0.416 e. The zero-order valence-electron chi connectivity index (χ0n) is 24.1. The van der Waals surface area contributed by atoms with Gasteiger partial charge >= 0.3 is 6.18 Å². The first-order chi connectivity index (χ1) is 18.9. The van der Waals surface area contributed by atoms with Crippen molar-refractivity contribution in [3.05, 3.63) is 58.2 Å². The molecule has 0 bridgehead atoms. The quantitative estimate of drug-likeness (QED) is 0.493. The Morgan fingerprint density at radius 3 is 2.35 bits per heavy atom. The summed E-state index contributed by atoms with van der Waals surface area (Å²) in [7, 11) is 0. The van der Waals surface area contributed by atoms with E-state index >= 15 is 0 Å². The fourth-order valence-corrected chi connectivity index (χ4v) is 6.96. The number of piperazine rings is 1. The summed E-state index contributed by atoms with van der Waals surface area (Å²) < 4.78 is 46.3. The van der Waals surface area contributed by atoms with Crippen molar-refractivity contribution in [3.8, 4) is 0 Å². The molecule has 0 radical (unpaired) electrons. The number of fused-ring (bicyclic) bond motifs is 1. The molecular weight excluding hydrogens is 519 g/mol. The van der Waals surface area contributed by atoms with Crippen LogP contribution in [-0.4, -0.2) is 81.5 Å². The molecule has 5 rings (SSSR count). The zero-order chi connectivity index (χ0) is 28.8. The molecule has 218 valence electrons. The average Bonchev–Trinajstić information content (AvgIpc) is 3.26. The molecule has 0 saturated carbocycles. The molecule has 7 nitrogen and oxygen atoms in total. The first kappa shape index (κ1) is 29.0. The Morgan fingerprint density at radius 1 is 1.07 bits per heavy atom. The van der Waals surface area contributed by atoms with Crippen LogP contribution in [0.1, 0.15) is 90.6 Å². The van der Waals surface area contributed by atoms with Crippen LogP contribution >= 0.6 is 0 Å². The third-order valence-corrected chi connectivity index (χ3v) is 9.34. The number of alkyl halides is 3. The third-order valence-electron chi connectivity index (χ3n) is 9.34. The van der Waals surface area contributed by atoms with Gasteiger partial charge in [-0.2, -0.15) is 13.2 Å². The number of nitrogens with zero attached hydrogens (tertiary/aromatic N) is 5. The number of rotatable bonds is 5. The molecule has 3 aliphatic rings. The molecule has 1 aliphatic carbocycles. The van der Waals surface area contributed by atoms with E-state index in [1.165, 1.54) is 18.5 Å². The summed E-state index contributed by atoms with van der Waals surface area (Å²) in [5.74, 6) is 0.00766. The molecule has 3 atom stereocenters. The van der Waals surface area contributed by atoms with Gasteiger partial charge in [-0.25, -0.2) is 9.97 Å². The number of ether oxygens (including phenoxy) is 1. The fourth-order valence-electron chi connectivity index (χ4n) is 6.96. The Morgan fingerprint density at radius 2 is 1.75 bits per heavy atom. The fraction of sp³-hybridized carbons (Fsp3) is 0.633. The lowest BCUT2D eigenvalue weighted by molar-refractivity contribution is -0.137. The van der Waals surface area contributed by atoms with Gasteiger partial charge in [0.15, 0.2) is 0 Å². The number of aryl methyl sites for hydroxylation is 2. The molecule has 2 aromatic rings. The van der Waals surface area contributed by atoms with E-state index in [4.69, 9.17) is 4.74 Å². The van der Waals surface area contributed by atoms with Gasteiger partial charge in [-0.3, -0.25) is 14.6 Å². The van der Waals surface area contributed by atoms with Crippen molar-refractivity contribution in [2.24, 2.45) is 0 Å². The van der Waals surface area contributed by atoms with Gasteiger partial charge in [0.1, 0.15) is 6.33 Å². The highest BCUT2D eigenvalue weighted by atomic mass is 19.4. The number of hydrogen-bond acceptors (Lipinski definition) is 6. The van der Waals surface area contributed by atoms with E-state index < -0.39 is 11.7 Å². The molecule has 10 heteroatoms. The molecule has 0 spiro atoms. The highest BCUT2D eigenvalue weighted by Gasteiger charge is 2.44. The Balaban J connectivity index is 1.25. The molecule has 2 aliphatic heterocycles. The van der Waals surface area contributed by atoms with Crippen LogP contribution in [0.25, 0.3) is 0 Å². The van der Waals surface area contributed by atoms with Gasteiger partial charge in [0.25, 0.3) is 5.91 Å². The summed E-state index contributed by atoms with van der Waals surface area (Å²) in [6, 6.07) is 4.44. The maximum absolute atomic E-state index is 13.4. The van der Waals surface area contributed by atoms with E-state index in [1.807, 2.05) is 25.7 Å². The van der Waals surface area contributed by atoms with E-state index in [0.717, 1.165) is 38.0 Å². The molecule has 0 unspecified atom stereocenters. The molecule has 0 N–H and O–H groups in total. The van der Waals surface area contributed by atoms with Crippen molar-refractivity contribution < 1.29 is 22.7 Å². The summed E-state index contributed by atoms with van der Waals surface area (Å²) in [5, 5.41) is 0. The average molecular weight is 560 g/mol. The summed E-state index contributed by atoms with van der Waals surface area (Å²) in [4.78, 5) is 28.6. The summed E-state index contributed by atoms with van der Waals surface area (Å²) in [6.45, 7) is 14.5. The minimum Gasteiger partial charge on any atom is -0.374 e. The Bertz CT molecular complexity index is 1220. The van der Waals surface area contributed by atoms with Crippen molar-refractivity contribution >= 4 is 5.91 Å². The van der Waals surface area contributed by atoms with Crippen LogP contribution in [0.2, 0.25) is 0 Å². The first-order valence-corrected chi connectivity index (χ1v) is 14.3. The highest BCUT2D eigenvalue weighted by Crippen LogP contribution is 2.47. The molecule has 3 heterocycles. The van der Waals surface area contributed by atoms with Crippen LogP contribution in [-0.2, 0) is 10.9 Å². The van der Waals surface area contributed by atoms with Gasteiger partial charge in [0.2, 0.25) is 0 Å². The lowest BCUT2D eigenvalue weighted by Crippen LogP contribution is -2.62. The smallest absolute Gasteiger partial charge is 0.374 e. The number of piperidine rings is 1. The molecule has 40 heavy (non-hydrogen) atoms. The van der Waals surface area contributed by atoms with E-state index in [9.17, 15) is 18.0 Å². The normalized spacial score (nSPS) is 25.7. The van der Waals surface area contributed by atoms with Crippen molar-refractivity contribution in [2.45, 2.75) is 83.8 Å². The van der Waals surface area contributed by atoms with Gasteiger partial charge in [0, 0.05) is 57.0 Å². The second-order valence-corrected chi connectivity index (χ2v) is 11.8. The maximum atomic E-state index is 13.4. The Hall–Kier alpha value is -2.56. The van der Waals surface area contributed by atoms with Crippen LogP contribution in [0.3, 0.4) is 0 Å². The van der Waals surface area contributed by atoms with Crippen molar-refractivity contribution in [3.63, 3.8) is 0 Å². The molecular formula is C30H40F3N5O2. The second-order valence-electron chi connectivity index (χ2n) is 11.8. The number of hydrogen-bond donors (Lipinski definition) is 0. The highest BCUT2D eigenvalue weighted by molar-refractivity contribution is 5.96. The van der Waals surface area contributed by atoms with Gasteiger partial charge in [-0.15, -0.1) is 0 Å². The minimum absolute atomic E-state index is 0.00766. The van der Waals surface area contributed by atoms with Crippen LogP contribution in [0.5, 0.6) is 0 Å². The summed E-state index contributed by atoms with van der Waals surface area (Å²) in [6.07, 6.45) is -0.752. The predicted molar refractivity (Wildman–Crippen MR) is 146 cm³/mol. The number of carbonyl (C=O) groups is 1. The molecule has 1 aromatic heterocycles. The number of benzene rings is 1. The minimum atomic E-state index is -4.37. The van der Waals surface area contributed by atoms with E-state index in [-0.39, 0.29) is 29.6 Å². The van der Waals surface area contributed by atoms with Crippen LogP contribution < -0.4 is 0 Å². The Labute approximate surface area is 234 Å². The van der Waals surface area contributed by atoms with Gasteiger partial charge in [0.05, 0.1) is 28.6 Å². The monoisotopic (exact) mass is 559 g/mol. The first-order valence-electron chi connectivity index (χ1n) is 14.3. The van der Waals surface area contributed by atoms with Crippen molar-refractivity contribution in [1.29, 1.82) is 0 Å². The number of amides is 1. The van der Waals surface area contributed by atoms with E-state index in [0.29, 0.717) is 48.6 Å². The van der Waals surface area contributed by atoms with E-state index in [1.54, 1.807) is 6.07 Å². The van der Waals surface area contributed by atoms with Crippen LogP contribution in [0.15, 0.2) is 24.5 Å². The lowest BCUT2D eigenvalue weighted by atomic mass is 9.86. The largest absolute Gasteiger partial charge is 0.416 e. The molecule has 2 fully saturated rings. The number of aromatic nitrogens is 2. The predicted octanol–water partition coefficient (Wildman–Crippen LogP) is 5.34. The van der Waals surface area contributed by atoms with Crippen LogP contribution in [0, 0.1) is 13.8 Å². The third kappa shape index (κ3) is 5.37. The zero-order valence-corrected chi connectivity index (χ0v) is 24.1. The van der Waals surface area contributed by atoms with Crippen LogP contribution in [0.4, 0.5) is 13.2 Å². The number of carbonyl (C=O) groups excluding carboxylic acids is 1. The van der Waals surface area contributed by atoms with Crippen molar-refractivity contribution in [1.82, 2.24) is 24.7 Å². The molecule has 1 amide bonds. The summed E-state index contributed by atoms with van der Waals surface area (Å²) in [5.41, 5.74) is 3.04. The lowest BCUT2D eigenvalue weighted by Gasteiger charge is -2.52. The van der Waals surface area contributed by atoms with Gasteiger partial charge < -0.3 is 9.64 Å². The SMILES string of the molecule is CCO[C@H]1C[C@H](N2CCN(C3(C)CCN(C(=O)c4c(C)ncnc4C)CC3)C[C@@H]2C)c2ccc(C(F)(F)F)cc21. The summed E-state index contributed by atoms with van der Waals surface area (Å²) >= 11 is 0. The standard InChI is InChI=1S/C30H40F3N5O2/c1-6-40-26-16-25(23-8-7-22(15-24(23)26)30(31,32)33)38-14-13-37(17-19(38)2)29(5)9-11-36(12-10-29)28(39)27-20(3)34-18-35-21(27)4/h7-8,15,18-19,25-26H,6,9-14,16-17H2,1-5H3/t19-,25-,26-/m0/s1. The number of halogens is 3. The molecule has 1 aromatic carbocycles. The topological polar surface area (TPSA) is 61.8 Å². The second kappa shape index (κ2) is 11.0. The van der Waals surface area contributed by atoms with Crippen molar-refractivity contribution in [2.75, 3.05) is 39.3 Å².